The summed E-state index contributed by atoms with van der Waals surface area (Å²) in [5, 5.41) is 5.04. The third kappa shape index (κ3) is 4.81. The molecule has 0 unspecified atom stereocenters. The molecule has 2 aromatic carbocycles. The van der Waals surface area contributed by atoms with E-state index in [0.717, 1.165) is 0 Å². The maximum absolute atomic E-state index is 14.1. The number of fused-ring (bicyclic) bond motifs is 2. The summed E-state index contributed by atoms with van der Waals surface area (Å²) in [4.78, 5) is 39.7. The smallest absolute Gasteiger partial charge is 0.416 e. The van der Waals surface area contributed by atoms with Gasteiger partial charge in [-0.05, 0) is 49.4 Å². The monoisotopic (exact) mass is 524 g/mol. The normalized spacial score (nSPS) is 11.5. The number of H-pyrrole nitrogens is 1. The molecule has 5 aromatic rings. The minimum absolute atomic E-state index is 0.190. The summed E-state index contributed by atoms with van der Waals surface area (Å²) < 4.78 is 59.1. The lowest BCUT2D eigenvalue weighted by atomic mass is 10.1. The van der Waals surface area contributed by atoms with Gasteiger partial charge in [-0.15, -0.1) is 0 Å². The van der Waals surface area contributed by atoms with Crippen LogP contribution in [-0.4, -0.2) is 26.0 Å². The van der Waals surface area contributed by atoms with E-state index in [1.54, 1.807) is 25.1 Å². The first-order valence-corrected chi connectivity index (χ1v) is 11.0. The van der Waals surface area contributed by atoms with Crippen molar-refractivity contribution < 1.29 is 27.1 Å². The molecule has 38 heavy (non-hydrogen) atoms. The third-order valence-corrected chi connectivity index (χ3v) is 5.47. The number of pyridine rings is 2. The molecule has 3 N–H and O–H groups in total. The molecule has 0 saturated carbocycles. The molecule has 0 aliphatic carbocycles. The van der Waals surface area contributed by atoms with E-state index >= 15 is 0 Å². The summed E-state index contributed by atoms with van der Waals surface area (Å²) in [5.41, 5.74) is -0.861. The average molecular weight is 524 g/mol. The third-order valence-electron chi connectivity index (χ3n) is 5.47. The number of hydrogen-bond acceptors (Lipinski definition) is 6. The van der Waals surface area contributed by atoms with Gasteiger partial charge in [0.15, 0.2) is 11.4 Å². The van der Waals surface area contributed by atoms with Crippen LogP contribution < -0.4 is 20.9 Å². The molecule has 0 saturated heterocycles. The second kappa shape index (κ2) is 9.42. The van der Waals surface area contributed by atoms with E-state index in [9.17, 15) is 27.2 Å². The van der Waals surface area contributed by atoms with E-state index in [1.807, 2.05) is 0 Å². The average Bonchev–Trinajstić information content (AvgIpc) is 2.87. The van der Waals surface area contributed by atoms with Crippen molar-refractivity contribution in [2.24, 2.45) is 0 Å². The molecule has 0 radical (unpaired) electrons. The maximum Gasteiger partial charge on any atom is 0.416 e. The van der Waals surface area contributed by atoms with Crippen molar-refractivity contribution in [2.75, 3.05) is 10.6 Å². The van der Waals surface area contributed by atoms with Crippen molar-refractivity contribution in [1.82, 2.24) is 19.9 Å². The Labute approximate surface area is 210 Å². The van der Waals surface area contributed by atoms with Gasteiger partial charge in [-0.3, -0.25) is 9.78 Å². The number of carbonyl (C=O) groups is 1. The molecule has 2 amide bonds. The van der Waals surface area contributed by atoms with E-state index in [-0.39, 0.29) is 22.6 Å². The highest BCUT2D eigenvalue weighted by atomic mass is 19.4. The van der Waals surface area contributed by atoms with Gasteiger partial charge in [0.05, 0.1) is 22.5 Å². The van der Waals surface area contributed by atoms with E-state index < -0.39 is 29.3 Å². The SMILES string of the molecule is Cc1nc2c(Oc3ccc(NC(=O)Nc4cc(C(F)(F)F)ccc4F)c4ncccc34)ccnc2[nH]c1=O. The summed E-state index contributed by atoms with van der Waals surface area (Å²) in [6.07, 6.45) is -1.79. The highest BCUT2D eigenvalue weighted by Gasteiger charge is 2.31. The first-order valence-electron chi connectivity index (χ1n) is 11.0. The molecule has 0 bridgehead atoms. The zero-order chi connectivity index (χ0) is 27.0. The summed E-state index contributed by atoms with van der Waals surface area (Å²) >= 11 is 0. The summed E-state index contributed by atoms with van der Waals surface area (Å²) in [7, 11) is 0. The molecule has 0 aliphatic rings. The van der Waals surface area contributed by atoms with Crippen LogP contribution in [0, 0.1) is 12.7 Å². The van der Waals surface area contributed by atoms with E-state index in [4.69, 9.17) is 4.74 Å². The van der Waals surface area contributed by atoms with E-state index in [1.165, 1.54) is 24.5 Å². The second-order valence-corrected chi connectivity index (χ2v) is 8.04. The number of amides is 2. The minimum atomic E-state index is -4.71. The lowest BCUT2D eigenvalue weighted by Gasteiger charge is -2.14. The highest BCUT2D eigenvalue weighted by Crippen LogP contribution is 2.35. The molecular formula is C25H16F4N6O3. The van der Waals surface area contributed by atoms with Crippen molar-refractivity contribution in [1.29, 1.82) is 0 Å². The number of rotatable bonds is 4. The van der Waals surface area contributed by atoms with Crippen LogP contribution in [0.4, 0.5) is 33.7 Å². The van der Waals surface area contributed by atoms with Gasteiger partial charge in [-0.1, -0.05) is 0 Å². The number of benzene rings is 2. The Balaban J connectivity index is 1.45. The van der Waals surface area contributed by atoms with Gasteiger partial charge in [-0.25, -0.2) is 19.2 Å². The standard InChI is InChI=1S/C25H16F4N6O3/c1-12-23(36)35-22-21(32-12)19(8-10-31-22)38-18-7-6-16(20-14(18)3-2-9-30-20)33-24(37)34-17-11-13(25(27,28)29)4-5-15(17)26/h2-11H,1H3,(H,31,35,36)(H2,33,34,37). The molecule has 0 spiro atoms. The number of halogens is 4. The Morgan fingerprint density at radius 2 is 1.74 bits per heavy atom. The maximum atomic E-state index is 14.1. The molecular weight excluding hydrogens is 508 g/mol. The largest absolute Gasteiger partial charge is 0.454 e. The van der Waals surface area contributed by atoms with Crippen molar-refractivity contribution in [3.63, 3.8) is 0 Å². The summed E-state index contributed by atoms with van der Waals surface area (Å²) in [6.45, 7) is 1.55. The molecule has 3 aromatic heterocycles. The number of nitrogens with zero attached hydrogens (tertiary/aromatic N) is 3. The van der Waals surface area contributed by atoms with E-state index in [0.29, 0.717) is 46.1 Å². The van der Waals surface area contributed by atoms with E-state index in [2.05, 4.69) is 30.6 Å². The zero-order valence-corrected chi connectivity index (χ0v) is 19.4. The first-order chi connectivity index (χ1) is 18.1. The fourth-order valence-corrected chi connectivity index (χ4v) is 3.66. The molecule has 3 heterocycles. The number of carbonyl (C=O) groups excluding carboxylic acids is 1. The quantitative estimate of drug-likeness (QED) is 0.257. The number of nitrogens with one attached hydrogen (secondary N) is 3. The lowest BCUT2D eigenvalue weighted by molar-refractivity contribution is -0.137. The Morgan fingerprint density at radius 1 is 0.947 bits per heavy atom. The molecule has 192 valence electrons. The molecule has 0 fully saturated rings. The number of ether oxygens (including phenoxy) is 1. The fraction of sp³-hybridized carbons (Fsp3) is 0.0800. The van der Waals surface area contributed by atoms with Gasteiger partial charge in [0.1, 0.15) is 22.8 Å². The lowest BCUT2D eigenvalue weighted by Crippen LogP contribution is -2.21. The predicted octanol–water partition coefficient (Wildman–Crippen LogP) is 5.77. The first kappa shape index (κ1) is 24.6. The van der Waals surface area contributed by atoms with Crippen LogP contribution in [-0.2, 0) is 6.18 Å². The van der Waals surface area contributed by atoms with Gasteiger partial charge in [-0.2, -0.15) is 13.2 Å². The van der Waals surface area contributed by atoms with Crippen molar-refractivity contribution in [3.8, 4) is 11.5 Å². The summed E-state index contributed by atoms with van der Waals surface area (Å²) in [6, 6.07) is 8.62. The van der Waals surface area contributed by atoms with Crippen LogP contribution in [0.25, 0.3) is 22.1 Å². The fourth-order valence-electron chi connectivity index (χ4n) is 3.66. The molecule has 9 nitrogen and oxygen atoms in total. The number of aromatic nitrogens is 4. The summed E-state index contributed by atoms with van der Waals surface area (Å²) in [5.74, 6) is -0.395. The molecule has 13 heteroatoms. The zero-order valence-electron chi connectivity index (χ0n) is 19.4. The molecule has 5 rings (SSSR count). The number of hydrogen-bond donors (Lipinski definition) is 3. The Morgan fingerprint density at radius 3 is 2.53 bits per heavy atom. The number of aryl methyl sites for hydroxylation is 1. The van der Waals surface area contributed by atoms with Gasteiger partial charge in [0.25, 0.3) is 5.56 Å². The Hall–Kier alpha value is -5.07. The van der Waals surface area contributed by atoms with Gasteiger partial charge in [0.2, 0.25) is 0 Å². The number of anilines is 2. The number of alkyl halides is 3. The van der Waals surface area contributed by atoms with Crippen LogP contribution in [0.3, 0.4) is 0 Å². The second-order valence-electron chi connectivity index (χ2n) is 8.04. The highest BCUT2D eigenvalue weighted by molar-refractivity contribution is 6.06. The van der Waals surface area contributed by atoms with Crippen LogP contribution in [0.15, 0.2) is 65.7 Å². The van der Waals surface area contributed by atoms with Gasteiger partial charge >= 0.3 is 12.2 Å². The Bertz CT molecular complexity index is 1770. The van der Waals surface area contributed by atoms with Gasteiger partial charge < -0.3 is 20.4 Å². The minimum Gasteiger partial charge on any atom is -0.454 e. The predicted molar refractivity (Wildman–Crippen MR) is 131 cm³/mol. The van der Waals surface area contributed by atoms with Gasteiger partial charge in [0, 0.05) is 23.8 Å². The topological polar surface area (TPSA) is 122 Å². The van der Waals surface area contributed by atoms with Crippen molar-refractivity contribution >= 4 is 39.5 Å². The number of aromatic amines is 1. The number of urea groups is 1. The van der Waals surface area contributed by atoms with Crippen LogP contribution in [0.2, 0.25) is 0 Å². The van der Waals surface area contributed by atoms with Crippen molar-refractivity contribution in [2.45, 2.75) is 13.1 Å². The van der Waals surface area contributed by atoms with Crippen LogP contribution in [0.1, 0.15) is 11.3 Å². The molecule has 0 atom stereocenters. The molecule has 0 aliphatic heterocycles. The van der Waals surface area contributed by atoms with Crippen LogP contribution >= 0.6 is 0 Å². The Kier molecular flexibility index (Phi) is 6.11. The van der Waals surface area contributed by atoms with Crippen molar-refractivity contribution in [3.05, 3.63) is 88.4 Å². The van der Waals surface area contributed by atoms with Crippen LogP contribution in [0.5, 0.6) is 11.5 Å².